The highest BCUT2D eigenvalue weighted by atomic mass is 35.5. The smallest absolute Gasteiger partial charge is 0.280 e. The van der Waals surface area contributed by atoms with Crippen LogP contribution in [0.25, 0.3) is 33.6 Å². The number of fused-ring (bicyclic) bond motifs is 3. The molecule has 2 aliphatic rings. The molecule has 2 aromatic rings. The van der Waals surface area contributed by atoms with Crippen LogP contribution in [0.15, 0.2) is 57.7 Å². The van der Waals surface area contributed by atoms with E-state index in [1.165, 1.54) is 4.68 Å². The number of alkyl halides is 1. The average molecular weight is 359 g/mol. The Kier molecular flexibility index (Phi) is 3.79. The number of hydrogen-bond donors (Lipinski definition) is 0. The van der Waals surface area contributed by atoms with Crippen molar-refractivity contribution in [3.8, 4) is 22.6 Å². The van der Waals surface area contributed by atoms with Gasteiger partial charge < -0.3 is 4.42 Å². The zero-order chi connectivity index (χ0) is 16.7. The van der Waals surface area contributed by atoms with Crippen LogP contribution < -0.4 is 5.56 Å². The molecule has 4 nitrogen and oxygen atoms in total. The van der Waals surface area contributed by atoms with Gasteiger partial charge in [0.2, 0.25) is 0 Å². The summed E-state index contributed by atoms with van der Waals surface area (Å²) in [4.78, 5) is 12.8. The number of hydrogen-bond acceptors (Lipinski definition) is 3. The van der Waals surface area contributed by atoms with Crippen LogP contribution in [0.4, 0.5) is 0 Å². The second-order valence-electron chi connectivity index (χ2n) is 5.38. The van der Waals surface area contributed by atoms with Gasteiger partial charge in [0.15, 0.2) is 0 Å². The van der Waals surface area contributed by atoms with Gasteiger partial charge in [0.25, 0.3) is 5.56 Å². The normalized spacial score (nSPS) is 11.4. The SMILES string of the molecule is O=c1c2c(-c3ccc(Cl)cc3)oc3ccccc3c-2nn1CCCl. The van der Waals surface area contributed by atoms with Gasteiger partial charge in [-0.3, -0.25) is 4.79 Å². The highest BCUT2D eigenvalue weighted by molar-refractivity contribution is 6.30. The fraction of sp³-hybridized carbons (Fsp3) is 0.111. The Morgan fingerprint density at radius 1 is 1.08 bits per heavy atom. The first-order valence-corrected chi connectivity index (χ1v) is 8.34. The summed E-state index contributed by atoms with van der Waals surface area (Å²) >= 11 is 11.8. The van der Waals surface area contributed by atoms with Crippen molar-refractivity contribution in [2.24, 2.45) is 0 Å². The molecule has 0 radical (unpaired) electrons. The molecule has 120 valence electrons. The first kappa shape index (κ1) is 15.2. The van der Waals surface area contributed by atoms with Crippen LogP contribution >= 0.6 is 23.2 Å². The van der Waals surface area contributed by atoms with Gasteiger partial charge in [0.1, 0.15) is 22.6 Å². The molecule has 0 fully saturated rings. The summed E-state index contributed by atoms with van der Waals surface area (Å²) in [6.45, 7) is 0.351. The summed E-state index contributed by atoms with van der Waals surface area (Å²) in [6, 6.07) is 14.7. The number of aromatic nitrogens is 2. The molecule has 0 saturated heterocycles. The molecule has 0 aromatic heterocycles. The molecule has 0 aliphatic carbocycles. The van der Waals surface area contributed by atoms with Crippen molar-refractivity contribution in [1.82, 2.24) is 9.78 Å². The molecule has 24 heavy (non-hydrogen) atoms. The van der Waals surface area contributed by atoms with E-state index in [4.69, 9.17) is 27.6 Å². The first-order chi connectivity index (χ1) is 11.7. The fourth-order valence-electron chi connectivity index (χ4n) is 2.79. The van der Waals surface area contributed by atoms with Gasteiger partial charge in [-0.15, -0.1) is 11.6 Å². The van der Waals surface area contributed by atoms with Crippen molar-refractivity contribution in [3.63, 3.8) is 0 Å². The van der Waals surface area contributed by atoms with Crippen LogP contribution in [0, 0.1) is 0 Å². The van der Waals surface area contributed by atoms with Crippen LogP contribution in [0.3, 0.4) is 0 Å². The quantitative estimate of drug-likeness (QED) is 0.500. The van der Waals surface area contributed by atoms with Gasteiger partial charge in [-0.1, -0.05) is 23.7 Å². The van der Waals surface area contributed by atoms with Crippen molar-refractivity contribution in [1.29, 1.82) is 0 Å². The summed E-state index contributed by atoms with van der Waals surface area (Å²) in [5.74, 6) is 0.806. The number of benzene rings is 2. The summed E-state index contributed by atoms with van der Waals surface area (Å²) in [5.41, 5.74) is 2.33. The number of para-hydroxylation sites is 1. The Balaban J connectivity index is 2.10. The highest BCUT2D eigenvalue weighted by Gasteiger charge is 2.25. The Hall–Kier alpha value is -2.30. The van der Waals surface area contributed by atoms with Gasteiger partial charge in [0, 0.05) is 21.9 Å². The zero-order valence-electron chi connectivity index (χ0n) is 12.5. The van der Waals surface area contributed by atoms with E-state index in [9.17, 15) is 4.79 Å². The van der Waals surface area contributed by atoms with E-state index in [0.717, 1.165) is 10.9 Å². The van der Waals surface area contributed by atoms with Crippen molar-refractivity contribution in [3.05, 3.63) is 63.9 Å². The molecule has 0 spiro atoms. The van der Waals surface area contributed by atoms with E-state index >= 15 is 0 Å². The molecule has 0 N–H and O–H groups in total. The minimum absolute atomic E-state index is 0.204. The lowest BCUT2D eigenvalue weighted by Crippen LogP contribution is -2.17. The Morgan fingerprint density at radius 2 is 1.83 bits per heavy atom. The maximum Gasteiger partial charge on any atom is 0.280 e. The number of aryl methyl sites for hydroxylation is 1. The fourth-order valence-corrected chi connectivity index (χ4v) is 3.07. The van der Waals surface area contributed by atoms with Crippen molar-refractivity contribution < 1.29 is 4.42 Å². The lowest BCUT2D eigenvalue weighted by molar-refractivity contribution is 0.621. The van der Waals surface area contributed by atoms with E-state index < -0.39 is 0 Å². The Labute approximate surface area is 147 Å². The van der Waals surface area contributed by atoms with E-state index in [1.807, 2.05) is 36.4 Å². The molecule has 4 rings (SSSR count). The minimum Gasteiger partial charge on any atom is -0.455 e. The van der Waals surface area contributed by atoms with Crippen LogP contribution in [-0.4, -0.2) is 15.7 Å². The molecule has 0 amide bonds. The molecule has 6 heteroatoms. The van der Waals surface area contributed by atoms with Crippen molar-refractivity contribution in [2.45, 2.75) is 6.54 Å². The van der Waals surface area contributed by atoms with Crippen LogP contribution in [0.1, 0.15) is 0 Å². The third kappa shape index (κ3) is 2.39. The standard InChI is InChI=1S/C18H12Cl2N2O2/c19-9-10-22-18(23)15-16(21-22)13-3-1-2-4-14(13)24-17(15)11-5-7-12(20)8-6-11/h1-8H,9-10H2. The van der Waals surface area contributed by atoms with Crippen LogP contribution in [0.2, 0.25) is 5.02 Å². The lowest BCUT2D eigenvalue weighted by Gasteiger charge is -2.08. The second kappa shape index (κ2) is 5.96. The molecule has 0 unspecified atom stereocenters. The third-order valence-electron chi connectivity index (χ3n) is 3.89. The topological polar surface area (TPSA) is 48.0 Å². The van der Waals surface area contributed by atoms with Gasteiger partial charge in [-0.2, -0.15) is 5.10 Å². The zero-order valence-corrected chi connectivity index (χ0v) is 14.0. The molecular formula is C18H12Cl2N2O2. The first-order valence-electron chi connectivity index (χ1n) is 7.43. The van der Waals surface area contributed by atoms with Crippen molar-refractivity contribution in [2.75, 3.05) is 5.88 Å². The van der Waals surface area contributed by atoms with E-state index in [0.29, 0.717) is 40.0 Å². The summed E-state index contributed by atoms with van der Waals surface area (Å²) < 4.78 is 7.43. The maximum atomic E-state index is 12.8. The second-order valence-corrected chi connectivity index (χ2v) is 6.19. The molecule has 0 atom stereocenters. The summed E-state index contributed by atoms with van der Waals surface area (Å²) in [6.07, 6.45) is 0. The number of rotatable bonds is 3. The summed E-state index contributed by atoms with van der Waals surface area (Å²) in [5, 5.41) is 5.89. The van der Waals surface area contributed by atoms with Crippen LogP contribution in [-0.2, 0) is 6.54 Å². The number of nitrogens with zero attached hydrogens (tertiary/aromatic N) is 2. The van der Waals surface area contributed by atoms with Gasteiger partial charge in [-0.25, -0.2) is 4.68 Å². The third-order valence-corrected chi connectivity index (χ3v) is 4.31. The predicted molar refractivity (Wildman–Crippen MR) is 96.1 cm³/mol. The summed E-state index contributed by atoms with van der Waals surface area (Å²) in [7, 11) is 0. The lowest BCUT2D eigenvalue weighted by atomic mass is 10.0. The molecule has 2 aliphatic heterocycles. The van der Waals surface area contributed by atoms with Crippen LogP contribution in [0.5, 0.6) is 0 Å². The van der Waals surface area contributed by atoms with Gasteiger partial charge >= 0.3 is 0 Å². The predicted octanol–water partition coefficient (Wildman–Crippen LogP) is 4.65. The van der Waals surface area contributed by atoms with Crippen molar-refractivity contribution >= 4 is 34.2 Å². The van der Waals surface area contributed by atoms with E-state index in [2.05, 4.69) is 5.10 Å². The molecule has 0 bridgehead atoms. The molecule has 2 aromatic carbocycles. The van der Waals surface area contributed by atoms with E-state index in [-0.39, 0.29) is 5.56 Å². The van der Waals surface area contributed by atoms with E-state index in [1.54, 1.807) is 12.1 Å². The minimum atomic E-state index is -0.204. The highest BCUT2D eigenvalue weighted by Crippen LogP contribution is 2.36. The number of halogens is 2. The van der Waals surface area contributed by atoms with Gasteiger partial charge in [-0.05, 0) is 36.4 Å². The Morgan fingerprint density at radius 3 is 2.58 bits per heavy atom. The molecule has 2 heterocycles. The van der Waals surface area contributed by atoms with Gasteiger partial charge in [0.05, 0.1) is 6.54 Å². The Bertz CT molecular complexity index is 1050. The molecular weight excluding hydrogens is 347 g/mol. The average Bonchev–Trinajstić information content (AvgIpc) is 2.93. The maximum absolute atomic E-state index is 12.8. The molecule has 0 saturated carbocycles. The monoisotopic (exact) mass is 358 g/mol. The largest absolute Gasteiger partial charge is 0.455 e.